The number of ketones is 1. The molecule has 1 saturated heterocycles. The summed E-state index contributed by atoms with van der Waals surface area (Å²) in [4.78, 5) is 26.8. The summed E-state index contributed by atoms with van der Waals surface area (Å²) in [6.07, 6.45) is 8.41. The lowest BCUT2D eigenvalue weighted by atomic mass is 9.51. The van der Waals surface area contributed by atoms with Crippen LogP contribution in [0.5, 0.6) is 0 Å². The average molecular weight is 337 g/mol. The van der Waals surface area contributed by atoms with E-state index in [1.165, 1.54) is 6.42 Å². The molecule has 1 N–H and O–H groups in total. The molecule has 2 aliphatic carbocycles. The van der Waals surface area contributed by atoms with Crippen LogP contribution in [0.15, 0.2) is 42.5 Å². The van der Waals surface area contributed by atoms with Gasteiger partial charge in [-0.25, -0.2) is 0 Å². The number of carbonyl (C=O) groups excluding carboxylic acids is 2. The molecule has 3 nitrogen and oxygen atoms in total. The Labute approximate surface area is 149 Å². The molecule has 3 heteroatoms. The first kappa shape index (κ1) is 16.6. The summed E-state index contributed by atoms with van der Waals surface area (Å²) in [6.45, 7) is 4.28. The van der Waals surface area contributed by atoms with Crippen molar-refractivity contribution < 1.29 is 9.59 Å². The van der Waals surface area contributed by atoms with Gasteiger partial charge < -0.3 is 5.32 Å². The van der Waals surface area contributed by atoms with Crippen LogP contribution in [-0.4, -0.2) is 17.7 Å². The van der Waals surface area contributed by atoms with E-state index < -0.39 is 11.5 Å². The van der Waals surface area contributed by atoms with Gasteiger partial charge in [-0.3, -0.25) is 9.59 Å². The molecule has 0 radical (unpaired) electrons. The SMILES string of the molecule is C[C@H]1CCC[C@@H]2C=C[C@H](C)[C@]3(C(=O)N[C@H](Cc4ccccc4)C3=O)[C@H]12. The van der Waals surface area contributed by atoms with Crippen molar-refractivity contribution in [3.05, 3.63) is 48.0 Å². The van der Waals surface area contributed by atoms with Crippen molar-refractivity contribution in [3.63, 3.8) is 0 Å². The fraction of sp³-hybridized carbons (Fsp3) is 0.545. The summed E-state index contributed by atoms with van der Waals surface area (Å²) in [5, 5.41) is 3.07. The predicted octanol–water partition coefficient (Wildman–Crippen LogP) is 3.54. The highest BCUT2D eigenvalue weighted by molar-refractivity contribution is 6.15. The lowest BCUT2D eigenvalue weighted by Gasteiger charge is -2.49. The van der Waals surface area contributed by atoms with Crippen LogP contribution in [0.1, 0.15) is 38.7 Å². The van der Waals surface area contributed by atoms with Gasteiger partial charge in [-0.1, -0.05) is 69.2 Å². The molecular formula is C22H27NO2. The maximum atomic E-state index is 13.6. The highest BCUT2D eigenvalue weighted by atomic mass is 16.2. The summed E-state index contributed by atoms with van der Waals surface area (Å²) < 4.78 is 0. The predicted molar refractivity (Wildman–Crippen MR) is 97.8 cm³/mol. The standard InChI is InChI=1S/C22H27NO2/c1-14-7-6-10-17-12-11-15(2)22(19(14)17)20(24)18(23-21(22)25)13-16-8-4-3-5-9-16/h3-5,8-9,11-12,14-15,17-19H,6-7,10,13H2,1-2H3,(H,23,25)/t14-,15-,17+,18+,19+,22-/m0/s1. The summed E-state index contributed by atoms with van der Waals surface area (Å²) in [7, 11) is 0. The smallest absolute Gasteiger partial charge is 0.235 e. The van der Waals surface area contributed by atoms with E-state index in [1.807, 2.05) is 30.3 Å². The molecule has 25 heavy (non-hydrogen) atoms. The van der Waals surface area contributed by atoms with Crippen molar-refractivity contribution in [1.82, 2.24) is 5.32 Å². The van der Waals surface area contributed by atoms with Gasteiger partial charge in [0, 0.05) is 0 Å². The first-order chi connectivity index (χ1) is 12.0. The van der Waals surface area contributed by atoms with Crippen molar-refractivity contribution in [3.8, 4) is 0 Å². The van der Waals surface area contributed by atoms with Gasteiger partial charge >= 0.3 is 0 Å². The van der Waals surface area contributed by atoms with Gasteiger partial charge in [0.15, 0.2) is 5.78 Å². The minimum absolute atomic E-state index is 0.0254. The average Bonchev–Trinajstić information content (AvgIpc) is 2.84. The fourth-order valence-electron chi connectivity index (χ4n) is 5.71. The van der Waals surface area contributed by atoms with Gasteiger partial charge in [-0.05, 0) is 42.1 Å². The maximum absolute atomic E-state index is 13.6. The number of hydrogen-bond donors (Lipinski definition) is 1. The van der Waals surface area contributed by atoms with E-state index in [9.17, 15) is 9.59 Å². The van der Waals surface area contributed by atoms with Crippen molar-refractivity contribution in [2.75, 3.05) is 0 Å². The Bertz CT molecular complexity index is 710. The zero-order valence-electron chi connectivity index (χ0n) is 15.1. The van der Waals surface area contributed by atoms with Crippen LogP contribution in [0.3, 0.4) is 0 Å². The third kappa shape index (κ3) is 2.39. The summed E-state index contributed by atoms with van der Waals surface area (Å²) in [5.74, 6) is 1.000. The van der Waals surface area contributed by atoms with Gasteiger partial charge in [0.1, 0.15) is 5.41 Å². The Morgan fingerprint density at radius 2 is 1.84 bits per heavy atom. The van der Waals surface area contributed by atoms with Gasteiger partial charge in [-0.15, -0.1) is 0 Å². The molecule has 1 aromatic carbocycles. The highest BCUT2D eigenvalue weighted by Gasteiger charge is 2.64. The normalized spacial score (nSPS) is 40.2. The molecule has 1 spiro atoms. The number of Topliss-reactive ketones (excluding diaryl/α,β-unsaturated/α-hetero) is 1. The lowest BCUT2D eigenvalue weighted by Crippen LogP contribution is -2.54. The summed E-state index contributed by atoms with van der Waals surface area (Å²) in [6, 6.07) is 9.61. The van der Waals surface area contributed by atoms with E-state index in [0.29, 0.717) is 18.3 Å². The number of amides is 1. The van der Waals surface area contributed by atoms with Crippen LogP contribution in [0.25, 0.3) is 0 Å². The second-order valence-corrected chi connectivity index (χ2v) is 8.22. The largest absolute Gasteiger partial charge is 0.345 e. The number of rotatable bonds is 2. The molecule has 1 aromatic rings. The maximum Gasteiger partial charge on any atom is 0.235 e. The molecule has 1 aliphatic heterocycles. The topological polar surface area (TPSA) is 46.2 Å². The number of nitrogens with one attached hydrogen (secondary N) is 1. The van der Waals surface area contributed by atoms with Crippen molar-refractivity contribution in [1.29, 1.82) is 0 Å². The molecule has 1 amide bonds. The number of carbonyl (C=O) groups is 2. The van der Waals surface area contributed by atoms with Gasteiger partial charge in [0.25, 0.3) is 0 Å². The molecule has 4 rings (SSSR count). The molecular weight excluding hydrogens is 310 g/mol. The van der Waals surface area contributed by atoms with Crippen molar-refractivity contribution in [2.45, 2.75) is 45.6 Å². The molecule has 0 unspecified atom stereocenters. The fourth-order valence-corrected chi connectivity index (χ4v) is 5.71. The Morgan fingerprint density at radius 1 is 1.08 bits per heavy atom. The van der Waals surface area contributed by atoms with Crippen molar-refractivity contribution >= 4 is 11.7 Å². The molecule has 6 atom stereocenters. The minimum Gasteiger partial charge on any atom is -0.345 e. The second-order valence-electron chi connectivity index (χ2n) is 8.22. The van der Waals surface area contributed by atoms with Crippen LogP contribution in [0, 0.1) is 29.1 Å². The lowest BCUT2D eigenvalue weighted by molar-refractivity contribution is -0.148. The van der Waals surface area contributed by atoms with Crippen LogP contribution in [0.4, 0.5) is 0 Å². The number of allylic oxidation sites excluding steroid dienone is 2. The molecule has 3 aliphatic rings. The molecule has 1 saturated carbocycles. The number of hydrogen-bond acceptors (Lipinski definition) is 2. The monoisotopic (exact) mass is 337 g/mol. The quantitative estimate of drug-likeness (QED) is 0.663. The van der Waals surface area contributed by atoms with E-state index in [1.54, 1.807) is 0 Å². The Hall–Kier alpha value is -1.90. The van der Waals surface area contributed by atoms with Crippen molar-refractivity contribution in [2.24, 2.45) is 29.1 Å². The molecule has 1 heterocycles. The highest BCUT2D eigenvalue weighted by Crippen LogP contribution is 2.55. The van der Waals surface area contributed by atoms with Gasteiger partial charge in [-0.2, -0.15) is 0 Å². The van der Waals surface area contributed by atoms with Gasteiger partial charge in [0.05, 0.1) is 6.04 Å². The van der Waals surface area contributed by atoms with E-state index >= 15 is 0 Å². The first-order valence-corrected chi connectivity index (χ1v) is 9.62. The summed E-state index contributed by atoms with van der Waals surface area (Å²) in [5.41, 5.74) is 0.240. The Balaban J connectivity index is 1.71. The van der Waals surface area contributed by atoms with E-state index in [2.05, 4.69) is 31.3 Å². The second kappa shape index (κ2) is 6.12. The first-order valence-electron chi connectivity index (χ1n) is 9.62. The van der Waals surface area contributed by atoms with Crippen LogP contribution in [-0.2, 0) is 16.0 Å². The zero-order valence-corrected chi connectivity index (χ0v) is 15.1. The van der Waals surface area contributed by atoms with Gasteiger partial charge in [0.2, 0.25) is 5.91 Å². The Kier molecular flexibility index (Phi) is 4.05. The van der Waals surface area contributed by atoms with E-state index in [-0.39, 0.29) is 23.5 Å². The minimum atomic E-state index is -0.862. The van der Waals surface area contributed by atoms with Crippen LogP contribution < -0.4 is 5.32 Å². The molecule has 0 aromatic heterocycles. The molecule has 132 valence electrons. The van der Waals surface area contributed by atoms with Crippen LogP contribution >= 0.6 is 0 Å². The molecule has 2 fully saturated rings. The number of fused-ring (bicyclic) bond motifs is 2. The third-order valence-corrected chi connectivity index (χ3v) is 6.85. The third-order valence-electron chi connectivity index (χ3n) is 6.85. The zero-order chi connectivity index (χ0) is 17.6. The van der Waals surface area contributed by atoms with E-state index in [0.717, 1.165) is 18.4 Å². The Morgan fingerprint density at radius 3 is 2.60 bits per heavy atom. The number of benzene rings is 1. The van der Waals surface area contributed by atoms with E-state index in [4.69, 9.17) is 0 Å². The summed E-state index contributed by atoms with van der Waals surface area (Å²) >= 11 is 0. The van der Waals surface area contributed by atoms with Crippen LogP contribution in [0.2, 0.25) is 0 Å². The molecule has 0 bridgehead atoms.